The number of rotatable bonds is 3. The molecule has 0 aliphatic carbocycles. The first-order chi connectivity index (χ1) is 6.24. The molecule has 0 saturated carbocycles. The molecule has 0 heterocycles. The van der Waals surface area contributed by atoms with Gasteiger partial charge in [0.05, 0.1) is 5.56 Å². The topological polar surface area (TPSA) is 75.9 Å². The summed E-state index contributed by atoms with van der Waals surface area (Å²) in [4.78, 5) is 31.1. The standard InChI is InChI=1S/C8H6N2O3/c1-5-2-3-7(9-12)6(4-11)8(5)10-13/h2-4H,1H3. The van der Waals surface area contributed by atoms with Gasteiger partial charge in [0.25, 0.3) is 0 Å². The largest absolute Gasteiger partial charge is 0.298 e. The maximum absolute atomic E-state index is 10.5. The van der Waals surface area contributed by atoms with Gasteiger partial charge in [-0.25, -0.2) is 0 Å². The van der Waals surface area contributed by atoms with E-state index in [1.54, 1.807) is 6.92 Å². The number of hydrogen-bond donors (Lipinski definition) is 0. The lowest BCUT2D eigenvalue weighted by atomic mass is 10.1. The average molecular weight is 178 g/mol. The summed E-state index contributed by atoms with van der Waals surface area (Å²) in [6.45, 7) is 1.62. The second kappa shape index (κ2) is 3.66. The van der Waals surface area contributed by atoms with Crippen LogP contribution in [0.25, 0.3) is 0 Å². The van der Waals surface area contributed by atoms with E-state index in [0.717, 1.165) is 0 Å². The fourth-order valence-electron chi connectivity index (χ4n) is 1.02. The molecule has 0 radical (unpaired) electrons. The Balaban J connectivity index is 3.53. The Bertz CT molecular complexity index is 374. The van der Waals surface area contributed by atoms with Crippen molar-refractivity contribution in [2.75, 3.05) is 0 Å². The highest BCUT2D eigenvalue weighted by molar-refractivity contribution is 5.91. The Kier molecular flexibility index (Phi) is 2.59. The molecule has 66 valence electrons. The minimum atomic E-state index is -0.0600. The van der Waals surface area contributed by atoms with Crippen LogP contribution in [0.5, 0.6) is 0 Å². The van der Waals surface area contributed by atoms with Crippen LogP contribution in [0.4, 0.5) is 11.4 Å². The summed E-state index contributed by atoms with van der Waals surface area (Å²) in [5, 5.41) is 5.28. The predicted octanol–water partition coefficient (Wildman–Crippen LogP) is 2.60. The van der Waals surface area contributed by atoms with Crippen LogP contribution < -0.4 is 0 Å². The average Bonchev–Trinajstić information content (AvgIpc) is 2.17. The van der Waals surface area contributed by atoms with E-state index in [2.05, 4.69) is 10.4 Å². The lowest BCUT2D eigenvalue weighted by molar-refractivity contribution is 0.112. The van der Waals surface area contributed by atoms with Gasteiger partial charge >= 0.3 is 0 Å². The molecule has 0 saturated heterocycles. The fraction of sp³-hybridized carbons (Fsp3) is 0.125. The molecule has 1 aromatic carbocycles. The molecule has 0 spiro atoms. The zero-order valence-corrected chi connectivity index (χ0v) is 6.85. The highest BCUT2D eigenvalue weighted by atomic mass is 16.3. The lowest BCUT2D eigenvalue weighted by Gasteiger charge is -2.00. The van der Waals surface area contributed by atoms with Gasteiger partial charge in [0.1, 0.15) is 11.4 Å². The minimum Gasteiger partial charge on any atom is -0.298 e. The van der Waals surface area contributed by atoms with Crippen molar-refractivity contribution in [3.05, 3.63) is 33.1 Å². The van der Waals surface area contributed by atoms with Crippen molar-refractivity contribution in [2.45, 2.75) is 6.92 Å². The molecule has 0 amide bonds. The van der Waals surface area contributed by atoms with Crippen molar-refractivity contribution >= 4 is 17.7 Å². The zero-order valence-electron chi connectivity index (χ0n) is 6.85. The molecule has 13 heavy (non-hydrogen) atoms. The number of hydrogen-bond acceptors (Lipinski definition) is 5. The first kappa shape index (κ1) is 9.18. The van der Waals surface area contributed by atoms with Gasteiger partial charge < -0.3 is 0 Å². The maximum atomic E-state index is 10.5. The third kappa shape index (κ3) is 1.48. The van der Waals surface area contributed by atoms with E-state index in [-0.39, 0.29) is 16.9 Å². The Morgan fingerprint density at radius 2 is 1.92 bits per heavy atom. The van der Waals surface area contributed by atoms with E-state index < -0.39 is 0 Å². The monoisotopic (exact) mass is 178 g/mol. The van der Waals surface area contributed by atoms with E-state index in [1.807, 2.05) is 0 Å². The van der Waals surface area contributed by atoms with Crippen LogP contribution in [0.2, 0.25) is 0 Å². The van der Waals surface area contributed by atoms with Gasteiger partial charge in [0.15, 0.2) is 6.29 Å². The van der Waals surface area contributed by atoms with E-state index in [0.29, 0.717) is 11.8 Å². The molecule has 0 aromatic heterocycles. The normalized spacial score (nSPS) is 9.31. The number of carbonyl (C=O) groups is 1. The van der Waals surface area contributed by atoms with Crippen LogP contribution in [0.3, 0.4) is 0 Å². The van der Waals surface area contributed by atoms with Gasteiger partial charge in [0, 0.05) is 0 Å². The molecular weight excluding hydrogens is 172 g/mol. The van der Waals surface area contributed by atoms with E-state index in [1.165, 1.54) is 12.1 Å². The third-order valence-corrected chi connectivity index (χ3v) is 1.70. The highest BCUT2D eigenvalue weighted by Gasteiger charge is 2.11. The molecule has 5 heteroatoms. The van der Waals surface area contributed by atoms with Crippen LogP contribution in [-0.4, -0.2) is 6.29 Å². The van der Waals surface area contributed by atoms with E-state index >= 15 is 0 Å². The van der Waals surface area contributed by atoms with Crippen LogP contribution in [0, 0.1) is 16.7 Å². The number of nitrogens with zero attached hydrogens (tertiary/aromatic N) is 2. The molecule has 1 rings (SSSR count). The van der Waals surface area contributed by atoms with Gasteiger partial charge in [-0.3, -0.25) is 4.79 Å². The van der Waals surface area contributed by atoms with Crippen molar-refractivity contribution in [2.24, 2.45) is 10.4 Å². The number of benzene rings is 1. The fourth-order valence-corrected chi connectivity index (χ4v) is 1.02. The number of aryl methyl sites for hydroxylation is 1. The molecular formula is C8H6N2O3. The summed E-state index contributed by atoms with van der Waals surface area (Å²) in [6.07, 6.45) is 0.403. The molecule has 0 aliphatic rings. The molecule has 5 nitrogen and oxygen atoms in total. The first-order valence-corrected chi connectivity index (χ1v) is 3.50. The second-order valence-corrected chi connectivity index (χ2v) is 2.46. The van der Waals surface area contributed by atoms with E-state index in [4.69, 9.17) is 0 Å². The van der Waals surface area contributed by atoms with Gasteiger partial charge in [0.2, 0.25) is 0 Å². The summed E-state index contributed by atoms with van der Waals surface area (Å²) >= 11 is 0. The van der Waals surface area contributed by atoms with Crippen LogP contribution in [0.15, 0.2) is 22.5 Å². The van der Waals surface area contributed by atoms with Crippen LogP contribution >= 0.6 is 0 Å². The molecule has 0 aliphatic heterocycles. The number of nitroso groups, excluding NO2 is 2. The molecule has 0 fully saturated rings. The quantitative estimate of drug-likeness (QED) is 0.527. The van der Waals surface area contributed by atoms with Crippen molar-refractivity contribution in [1.82, 2.24) is 0 Å². The summed E-state index contributed by atoms with van der Waals surface area (Å²) in [7, 11) is 0. The minimum absolute atomic E-state index is 0.0212. The second-order valence-electron chi connectivity index (χ2n) is 2.46. The molecule has 0 atom stereocenters. The van der Waals surface area contributed by atoms with Gasteiger partial charge in [-0.05, 0) is 28.9 Å². The first-order valence-electron chi connectivity index (χ1n) is 3.50. The van der Waals surface area contributed by atoms with Gasteiger partial charge in [-0.2, -0.15) is 0 Å². The van der Waals surface area contributed by atoms with Gasteiger partial charge in [-0.1, -0.05) is 6.07 Å². The highest BCUT2D eigenvalue weighted by Crippen LogP contribution is 2.30. The van der Waals surface area contributed by atoms with Crippen molar-refractivity contribution in [1.29, 1.82) is 0 Å². The Morgan fingerprint density at radius 1 is 1.23 bits per heavy atom. The lowest BCUT2D eigenvalue weighted by Crippen LogP contribution is -1.85. The molecule has 0 unspecified atom stereocenters. The third-order valence-electron chi connectivity index (χ3n) is 1.70. The Morgan fingerprint density at radius 3 is 2.38 bits per heavy atom. The van der Waals surface area contributed by atoms with E-state index in [9.17, 15) is 14.6 Å². The summed E-state index contributed by atoms with van der Waals surface area (Å²) in [6, 6.07) is 2.89. The summed E-state index contributed by atoms with van der Waals surface area (Å²) < 4.78 is 0. The predicted molar refractivity (Wildman–Crippen MR) is 47.5 cm³/mol. The summed E-state index contributed by atoms with van der Waals surface area (Å²) in [5.41, 5.74) is 0.414. The van der Waals surface area contributed by atoms with Crippen LogP contribution in [0.1, 0.15) is 15.9 Å². The zero-order chi connectivity index (χ0) is 9.84. The van der Waals surface area contributed by atoms with Crippen molar-refractivity contribution < 1.29 is 4.79 Å². The summed E-state index contributed by atoms with van der Waals surface area (Å²) in [5.74, 6) is 0. The Hall–Kier alpha value is -1.91. The van der Waals surface area contributed by atoms with Crippen molar-refractivity contribution in [3.63, 3.8) is 0 Å². The number of aldehydes is 1. The Labute approximate surface area is 73.7 Å². The smallest absolute Gasteiger partial charge is 0.154 e. The van der Waals surface area contributed by atoms with Crippen molar-refractivity contribution in [3.8, 4) is 0 Å². The number of carbonyl (C=O) groups excluding carboxylic acids is 1. The van der Waals surface area contributed by atoms with Crippen LogP contribution in [-0.2, 0) is 0 Å². The maximum Gasteiger partial charge on any atom is 0.154 e. The molecule has 0 N–H and O–H groups in total. The molecule has 1 aromatic rings. The van der Waals surface area contributed by atoms with Gasteiger partial charge in [-0.15, -0.1) is 9.81 Å². The molecule has 0 bridgehead atoms. The SMILES string of the molecule is Cc1ccc(N=O)c(C=O)c1N=O.